The van der Waals surface area contributed by atoms with Gasteiger partial charge < -0.3 is 5.32 Å². The van der Waals surface area contributed by atoms with Crippen molar-refractivity contribution in [3.8, 4) is 11.1 Å². The Morgan fingerprint density at radius 1 is 0.739 bits per heavy atom. The van der Waals surface area contributed by atoms with Gasteiger partial charge in [0, 0.05) is 10.7 Å². The maximum Gasteiger partial charge on any atom is 0.257 e. The Balaban J connectivity index is 1.76. The summed E-state index contributed by atoms with van der Waals surface area (Å²) in [6.07, 6.45) is 0. The molecule has 23 heavy (non-hydrogen) atoms. The molecule has 0 radical (unpaired) electrons. The van der Waals surface area contributed by atoms with Gasteiger partial charge in [0.25, 0.3) is 5.91 Å². The van der Waals surface area contributed by atoms with Crippen molar-refractivity contribution in [2.24, 2.45) is 0 Å². The number of hydrogen-bond acceptors (Lipinski definition) is 1. The van der Waals surface area contributed by atoms with Gasteiger partial charge >= 0.3 is 0 Å². The SMILES string of the molecule is O=C(Nc1ccc(-c2ccc(Cl)cc2)cc1)c1ccccc1Cl. The molecule has 0 aliphatic carbocycles. The van der Waals surface area contributed by atoms with Gasteiger partial charge in [0.1, 0.15) is 0 Å². The second-order valence-corrected chi connectivity index (χ2v) is 5.86. The van der Waals surface area contributed by atoms with Gasteiger partial charge in [-0.1, -0.05) is 59.6 Å². The van der Waals surface area contributed by atoms with E-state index < -0.39 is 0 Å². The molecule has 0 bridgehead atoms. The molecule has 0 aliphatic heterocycles. The van der Waals surface area contributed by atoms with Crippen molar-refractivity contribution < 1.29 is 4.79 Å². The minimum Gasteiger partial charge on any atom is -0.322 e. The molecule has 0 atom stereocenters. The minimum absolute atomic E-state index is 0.227. The summed E-state index contributed by atoms with van der Waals surface area (Å²) in [6.45, 7) is 0. The largest absolute Gasteiger partial charge is 0.322 e. The molecule has 3 rings (SSSR count). The van der Waals surface area contributed by atoms with Crippen LogP contribution in [0.25, 0.3) is 11.1 Å². The van der Waals surface area contributed by atoms with E-state index in [2.05, 4.69) is 5.32 Å². The van der Waals surface area contributed by atoms with Crippen LogP contribution < -0.4 is 5.32 Å². The van der Waals surface area contributed by atoms with Crippen LogP contribution in [-0.2, 0) is 0 Å². The predicted molar refractivity (Wildman–Crippen MR) is 96.3 cm³/mol. The summed E-state index contributed by atoms with van der Waals surface area (Å²) in [4.78, 5) is 12.2. The predicted octanol–water partition coefficient (Wildman–Crippen LogP) is 5.91. The second-order valence-electron chi connectivity index (χ2n) is 5.02. The number of benzene rings is 3. The highest BCUT2D eigenvalue weighted by atomic mass is 35.5. The number of anilines is 1. The van der Waals surface area contributed by atoms with Gasteiger partial charge in [0.15, 0.2) is 0 Å². The summed E-state index contributed by atoms with van der Waals surface area (Å²) < 4.78 is 0. The lowest BCUT2D eigenvalue weighted by Gasteiger charge is -2.08. The zero-order valence-corrected chi connectivity index (χ0v) is 13.6. The topological polar surface area (TPSA) is 29.1 Å². The monoisotopic (exact) mass is 341 g/mol. The third-order valence-corrected chi connectivity index (χ3v) is 4.02. The zero-order valence-electron chi connectivity index (χ0n) is 12.1. The first-order valence-corrected chi connectivity index (χ1v) is 7.81. The van der Waals surface area contributed by atoms with Crippen LogP contribution in [0.3, 0.4) is 0 Å². The number of carbonyl (C=O) groups excluding carboxylic acids is 1. The summed E-state index contributed by atoms with van der Waals surface area (Å²) in [5, 5.41) is 3.98. The average molecular weight is 342 g/mol. The molecule has 3 aromatic carbocycles. The minimum atomic E-state index is -0.227. The Hall–Kier alpha value is -2.29. The molecule has 0 heterocycles. The van der Waals surface area contributed by atoms with Gasteiger partial charge in [0.2, 0.25) is 0 Å². The van der Waals surface area contributed by atoms with E-state index in [4.69, 9.17) is 23.2 Å². The molecule has 2 nitrogen and oxygen atoms in total. The van der Waals surface area contributed by atoms with E-state index in [-0.39, 0.29) is 5.91 Å². The van der Waals surface area contributed by atoms with Crippen molar-refractivity contribution in [1.82, 2.24) is 0 Å². The lowest BCUT2D eigenvalue weighted by molar-refractivity contribution is 0.102. The van der Waals surface area contributed by atoms with Gasteiger partial charge in [-0.15, -0.1) is 0 Å². The van der Waals surface area contributed by atoms with Crippen molar-refractivity contribution in [1.29, 1.82) is 0 Å². The molecule has 1 N–H and O–H groups in total. The number of halogens is 2. The summed E-state index contributed by atoms with van der Waals surface area (Å²) >= 11 is 11.9. The van der Waals surface area contributed by atoms with E-state index in [0.29, 0.717) is 21.3 Å². The van der Waals surface area contributed by atoms with Gasteiger partial charge in [-0.05, 0) is 47.5 Å². The molecule has 0 saturated carbocycles. The Kier molecular flexibility index (Phi) is 4.65. The third kappa shape index (κ3) is 3.73. The summed E-state index contributed by atoms with van der Waals surface area (Å²) in [6, 6.07) is 22.2. The number of carbonyl (C=O) groups is 1. The van der Waals surface area contributed by atoms with E-state index in [1.807, 2.05) is 48.5 Å². The van der Waals surface area contributed by atoms with E-state index in [9.17, 15) is 4.79 Å². The van der Waals surface area contributed by atoms with Crippen LogP contribution in [0.2, 0.25) is 10.0 Å². The van der Waals surface area contributed by atoms with E-state index >= 15 is 0 Å². The van der Waals surface area contributed by atoms with Crippen LogP contribution in [0.1, 0.15) is 10.4 Å². The highest BCUT2D eigenvalue weighted by Gasteiger charge is 2.09. The fraction of sp³-hybridized carbons (Fsp3) is 0. The molecule has 0 fully saturated rings. The Bertz CT molecular complexity index is 827. The fourth-order valence-electron chi connectivity index (χ4n) is 2.23. The molecule has 0 saturated heterocycles. The molecular formula is C19H13Cl2NO. The molecule has 0 aliphatic rings. The molecule has 114 valence electrons. The first-order chi connectivity index (χ1) is 11.1. The summed E-state index contributed by atoms with van der Waals surface area (Å²) in [5.41, 5.74) is 3.29. The van der Waals surface area contributed by atoms with Crippen LogP contribution in [-0.4, -0.2) is 5.91 Å². The average Bonchev–Trinajstić information content (AvgIpc) is 2.57. The standard InChI is InChI=1S/C19H13Cl2NO/c20-15-9-5-13(6-10-15)14-7-11-16(12-8-14)22-19(23)17-3-1-2-4-18(17)21/h1-12H,(H,22,23). The quantitative estimate of drug-likeness (QED) is 0.630. The maximum atomic E-state index is 12.2. The van der Waals surface area contributed by atoms with Gasteiger partial charge in [-0.25, -0.2) is 0 Å². The smallest absolute Gasteiger partial charge is 0.257 e. The Morgan fingerprint density at radius 3 is 1.91 bits per heavy atom. The molecule has 0 spiro atoms. The fourth-order valence-corrected chi connectivity index (χ4v) is 2.58. The van der Waals surface area contributed by atoms with E-state index in [1.54, 1.807) is 24.3 Å². The Morgan fingerprint density at radius 2 is 1.30 bits per heavy atom. The molecule has 0 unspecified atom stereocenters. The molecule has 0 aromatic heterocycles. The molecule has 1 amide bonds. The van der Waals surface area contributed by atoms with Crippen LogP contribution in [0.5, 0.6) is 0 Å². The van der Waals surface area contributed by atoms with Crippen LogP contribution in [0, 0.1) is 0 Å². The van der Waals surface area contributed by atoms with Crippen LogP contribution in [0.4, 0.5) is 5.69 Å². The lowest BCUT2D eigenvalue weighted by atomic mass is 10.1. The van der Waals surface area contributed by atoms with Crippen LogP contribution in [0.15, 0.2) is 72.8 Å². The first kappa shape index (κ1) is 15.6. The van der Waals surface area contributed by atoms with Gasteiger partial charge in [-0.2, -0.15) is 0 Å². The lowest BCUT2D eigenvalue weighted by Crippen LogP contribution is -2.12. The highest BCUT2D eigenvalue weighted by Crippen LogP contribution is 2.24. The molecule has 3 aromatic rings. The number of rotatable bonds is 3. The number of hydrogen-bond donors (Lipinski definition) is 1. The van der Waals surface area contributed by atoms with Gasteiger partial charge in [0.05, 0.1) is 10.6 Å². The Labute approximate surface area is 144 Å². The van der Waals surface area contributed by atoms with Crippen molar-refractivity contribution in [2.75, 3.05) is 5.32 Å². The van der Waals surface area contributed by atoms with Crippen molar-refractivity contribution in [3.05, 3.63) is 88.4 Å². The number of nitrogens with one attached hydrogen (secondary N) is 1. The third-order valence-electron chi connectivity index (χ3n) is 3.44. The van der Waals surface area contributed by atoms with Crippen molar-refractivity contribution >= 4 is 34.8 Å². The first-order valence-electron chi connectivity index (χ1n) is 7.05. The van der Waals surface area contributed by atoms with Crippen molar-refractivity contribution in [3.63, 3.8) is 0 Å². The van der Waals surface area contributed by atoms with Crippen LogP contribution >= 0.6 is 23.2 Å². The van der Waals surface area contributed by atoms with E-state index in [0.717, 1.165) is 11.1 Å². The van der Waals surface area contributed by atoms with Crippen molar-refractivity contribution in [2.45, 2.75) is 0 Å². The van der Waals surface area contributed by atoms with E-state index in [1.165, 1.54) is 0 Å². The second kappa shape index (κ2) is 6.86. The zero-order chi connectivity index (χ0) is 16.2. The molecule has 4 heteroatoms. The summed E-state index contributed by atoms with van der Waals surface area (Å²) in [7, 11) is 0. The van der Waals surface area contributed by atoms with Gasteiger partial charge in [-0.3, -0.25) is 4.79 Å². The summed E-state index contributed by atoms with van der Waals surface area (Å²) in [5.74, 6) is -0.227. The normalized spacial score (nSPS) is 10.3. The molecular weight excluding hydrogens is 329 g/mol. The highest BCUT2D eigenvalue weighted by molar-refractivity contribution is 6.34. The maximum absolute atomic E-state index is 12.2. The number of amides is 1.